The smallest absolute Gasteiger partial charge is 0.292 e. The summed E-state index contributed by atoms with van der Waals surface area (Å²) < 4.78 is 6.27. The first kappa shape index (κ1) is 10.8. The van der Waals surface area contributed by atoms with Gasteiger partial charge in [-0.1, -0.05) is 0 Å². The number of amidine groups is 1. The van der Waals surface area contributed by atoms with Gasteiger partial charge in [0.1, 0.15) is 24.9 Å². The zero-order valence-corrected chi connectivity index (χ0v) is 10.5. The fourth-order valence-electron chi connectivity index (χ4n) is 2.12. The maximum atomic E-state index is 11.6. The highest BCUT2D eigenvalue weighted by atomic mass is 32.1. The van der Waals surface area contributed by atoms with Gasteiger partial charge in [0, 0.05) is 4.88 Å². The normalized spacial score (nSPS) is 20.3. The molecule has 0 spiro atoms. The van der Waals surface area contributed by atoms with Crippen molar-refractivity contribution < 1.29 is 9.48 Å². The third-order valence-corrected chi connectivity index (χ3v) is 4.08. The molecule has 1 aromatic heterocycles. The zero-order valence-electron chi connectivity index (χ0n) is 9.68. The van der Waals surface area contributed by atoms with Crippen LogP contribution in [0.15, 0.2) is 17.6 Å². The Labute approximate surface area is 104 Å². The SMILES string of the molecule is Cc1csc(C2=C[N+]([O-])=C2N2CCOCC2)c1. The number of aryl methyl sites for hydroxylation is 1. The molecule has 0 N–H and O–H groups in total. The standard InChI is InChI=1S/C12H14N2O2S/c1-9-6-11(17-8-9)10-7-14(15)12(10)13-2-4-16-5-3-13/h6-8H,2-5H2,1H3. The van der Waals surface area contributed by atoms with Gasteiger partial charge in [-0.25, -0.2) is 4.74 Å². The van der Waals surface area contributed by atoms with Gasteiger partial charge in [-0.3, -0.25) is 4.90 Å². The molecule has 90 valence electrons. The second-order valence-corrected chi connectivity index (χ2v) is 5.19. The maximum absolute atomic E-state index is 11.6. The zero-order chi connectivity index (χ0) is 11.8. The molecule has 0 amide bonds. The first-order chi connectivity index (χ1) is 8.25. The molecule has 17 heavy (non-hydrogen) atoms. The van der Waals surface area contributed by atoms with Crippen LogP contribution in [0.1, 0.15) is 10.4 Å². The maximum Gasteiger partial charge on any atom is 0.292 e. The molecule has 3 rings (SSSR count). The van der Waals surface area contributed by atoms with E-state index in [9.17, 15) is 5.21 Å². The summed E-state index contributed by atoms with van der Waals surface area (Å²) in [5.74, 6) is 0.801. The largest absolute Gasteiger partial charge is 0.711 e. The Balaban J connectivity index is 1.82. The highest BCUT2D eigenvalue weighted by Gasteiger charge is 2.34. The van der Waals surface area contributed by atoms with Crippen molar-refractivity contribution in [2.45, 2.75) is 6.92 Å². The fraction of sp³-hybridized carbons (Fsp3) is 0.417. The minimum absolute atomic E-state index is 0.702. The van der Waals surface area contributed by atoms with Crippen LogP contribution in [-0.2, 0) is 4.74 Å². The predicted molar refractivity (Wildman–Crippen MR) is 68.1 cm³/mol. The summed E-state index contributed by atoms with van der Waals surface area (Å²) in [5, 5.41) is 13.8. The molecule has 5 heteroatoms. The number of ether oxygens (including phenoxy) is 1. The molecule has 1 saturated heterocycles. The lowest BCUT2D eigenvalue weighted by atomic mass is 10.1. The van der Waals surface area contributed by atoms with Crippen LogP contribution in [0.5, 0.6) is 0 Å². The molecule has 0 radical (unpaired) electrons. The second kappa shape index (κ2) is 4.16. The van der Waals surface area contributed by atoms with Crippen LogP contribution in [0, 0.1) is 12.1 Å². The van der Waals surface area contributed by atoms with Gasteiger partial charge in [-0.2, -0.15) is 0 Å². The van der Waals surface area contributed by atoms with Crippen molar-refractivity contribution in [2.24, 2.45) is 0 Å². The average Bonchev–Trinajstić information content (AvgIpc) is 2.73. The molecule has 0 saturated carbocycles. The van der Waals surface area contributed by atoms with Crippen molar-refractivity contribution in [3.8, 4) is 0 Å². The molecule has 2 aliphatic heterocycles. The van der Waals surface area contributed by atoms with Crippen LogP contribution in [0.2, 0.25) is 0 Å². The van der Waals surface area contributed by atoms with E-state index in [0.717, 1.165) is 29.2 Å². The van der Waals surface area contributed by atoms with Gasteiger partial charge in [0.2, 0.25) is 0 Å². The van der Waals surface area contributed by atoms with Gasteiger partial charge in [-0.05, 0) is 23.9 Å². The number of hydrogen-bond acceptors (Lipinski definition) is 4. The van der Waals surface area contributed by atoms with E-state index in [4.69, 9.17) is 4.74 Å². The highest BCUT2D eigenvalue weighted by Crippen LogP contribution is 2.29. The van der Waals surface area contributed by atoms with E-state index in [0.29, 0.717) is 13.2 Å². The van der Waals surface area contributed by atoms with Crippen LogP contribution in [0.25, 0.3) is 5.57 Å². The molecule has 0 unspecified atom stereocenters. The first-order valence-corrected chi connectivity index (χ1v) is 6.57. The minimum Gasteiger partial charge on any atom is -0.711 e. The molecule has 0 atom stereocenters. The molecule has 0 aliphatic carbocycles. The number of hydroxylamine groups is 1. The molecule has 3 heterocycles. The van der Waals surface area contributed by atoms with Crippen molar-refractivity contribution >= 4 is 22.7 Å². The van der Waals surface area contributed by atoms with Crippen LogP contribution in [0.4, 0.5) is 0 Å². The van der Waals surface area contributed by atoms with Crippen molar-refractivity contribution in [1.82, 2.24) is 4.90 Å². The molecule has 0 bridgehead atoms. The third-order valence-electron chi connectivity index (χ3n) is 3.00. The lowest BCUT2D eigenvalue weighted by Gasteiger charge is -2.30. The molecule has 4 nitrogen and oxygen atoms in total. The Bertz CT molecular complexity index is 498. The molecular formula is C12H14N2O2S. The van der Waals surface area contributed by atoms with Gasteiger partial charge in [0.25, 0.3) is 5.84 Å². The number of morpholine rings is 1. The summed E-state index contributed by atoms with van der Waals surface area (Å²) in [7, 11) is 0. The molecular weight excluding hydrogens is 236 g/mol. The van der Waals surface area contributed by atoms with Crippen molar-refractivity contribution in [2.75, 3.05) is 26.3 Å². The summed E-state index contributed by atoms with van der Waals surface area (Å²) >= 11 is 1.69. The molecule has 2 aliphatic rings. The van der Waals surface area contributed by atoms with E-state index in [-0.39, 0.29) is 0 Å². The topological polar surface area (TPSA) is 38.5 Å². The van der Waals surface area contributed by atoms with Crippen LogP contribution in [-0.4, -0.2) is 41.8 Å². The average molecular weight is 250 g/mol. The Morgan fingerprint density at radius 3 is 2.76 bits per heavy atom. The number of hydrogen-bond donors (Lipinski definition) is 0. The summed E-state index contributed by atoms with van der Waals surface area (Å²) in [6, 6.07) is 2.13. The van der Waals surface area contributed by atoms with E-state index < -0.39 is 0 Å². The van der Waals surface area contributed by atoms with Crippen molar-refractivity contribution in [3.05, 3.63) is 33.3 Å². The van der Waals surface area contributed by atoms with E-state index >= 15 is 0 Å². The van der Waals surface area contributed by atoms with Crippen molar-refractivity contribution in [3.63, 3.8) is 0 Å². The number of nitrogens with zero attached hydrogens (tertiary/aromatic N) is 2. The summed E-state index contributed by atoms with van der Waals surface area (Å²) in [6.07, 6.45) is 1.66. The Kier molecular flexibility index (Phi) is 2.64. The van der Waals surface area contributed by atoms with Gasteiger partial charge >= 0.3 is 0 Å². The van der Waals surface area contributed by atoms with Gasteiger partial charge in [0.15, 0.2) is 0 Å². The number of thiophene rings is 1. The molecule has 1 aromatic rings. The van der Waals surface area contributed by atoms with Gasteiger partial charge in [0.05, 0.1) is 13.2 Å². The quantitative estimate of drug-likeness (QED) is 0.562. The summed E-state index contributed by atoms with van der Waals surface area (Å²) in [4.78, 5) is 3.29. The van der Waals surface area contributed by atoms with Gasteiger partial charge in [-0.15, -0.1) is 11.3 Å². The van der Waals surface area contributed by atoms with Crippen molar-refractivity contribution in [1.29, 1.82) is 0 Å². The lowest BCUT2D eigenvalue weighted by molar-refractivity contribution is -0.394. The Morgan fingerprint density at radius 1 is 1.41 bits per heavy atom. The molecule has 1 fully saturated rings. The Hall–Kier alpha value is -1.33. The van der Waals surface area contributed by atoms with Crippen LogP contribution in [0.3, 0.4) is 0 Å². The van der Waals surface area contributed by atoms with Gasteiger partial charge < -0.3 is 9.94 Å². The summed E-state index contributed by atoms with van der Waals surface area (Å²) in [5.41, 5.74) is 2.32. The summed E-state index contributed by atoms with van der Waals surface area (Å²) in [6.45, 7) is 5.08. The lowest BCUT2D eigenvalue weighted by Crippen LogP contribution is -2.46. The van der Waals surface area contributed by atoms with E-state index in [1.807, 2.05) is 0 Å². The fourth-order valence-corrected chi connectivity index (χ4v) is 3.03. The van der Waals surface area contributed by atoms with Crippen LogP contribution >= 0.6 is 11.3 Å². The minimum atomic E-state index is 0.702. The Morgan fingerprint density at radius 2 is 2.18 bits per heavy atom. The van der Waals surface area contributed by atoms with E-state index in [2.05, 4.69) is 23.3 Å². The third kappa shape index (κ3) is 1.85. The monoisotopic (exact) mass is 250 g/mol. The second-order valence-electron chi connectivity index (χ2n) is 4.28. The van der Waals surface area contributed by atoms with E-state index in [1.165, 1.54) is 10.4 Å². The van der Waals surface area contributed by atoms with E-state index in [1.54, 1.807) is 17.5 Å². The van der Waals surface area contributed by atoms with Crippen LogP contribution < -0.4 is 0 Å². The highest BCUT2D eigenvalue weighted by molar-refractivity contribution is 7.11. The molecule has 0 aromatic carbocycles. The number of rotatable bonds is 1. The first-order valence-electron chi connectivity index (χ1n) is 5.69. The predicted octanol–water partition coefficient (Wildman–Crippen LogP) is 1.65.